The maximum absolute atomic E-state index is 6.39. The maximum Gasteiger partial charge on any atom is 0.192 e. The molecule has 0 unspecified atom stereocenters. The van der Waals surface area contributed by atoms with E-state index in [1.807, 2.05) is 0 Å². The van der Waals surface area contributed by atoms with E-state index in [4.69, 9.17) is 4.43 Å². The molecule has 0 saturated heterocycles. The van der Waals surface area contributed by atoms with Crippen molar-refractivity contribution in [3.8, 4) is 0 Å². The molecule has 2 nitrogen and oxygen atoms in total. The molecule has 0 amide bonds. The molecule has 0 saturated carbocycles. The molecule has 21 heavy (non-hydrogen) atoms. The highest BCUT2D eigenvalue weighted by atomic mass is 28.4. The predicted octanol–water partition coefficient (Wildman–Crippen LogP) is 5.06. The molecule has 0 spiro atoms. The smallest absolute Gasteiger partial charge is 0.192 e. The summed E-state index contributed by atoms with van der Waals surface area (Å²) in [5, 5.41) is 1.59. The number of benzene rings is 1. The van der Waals surface area contributed by atoms with Crippen LogP contribution in [0, 0.1) is 0 Å². The van der Waals surface area contributed by atoms with Gasteiger partial charge in [-0.2, -0.15) is 0 Å². The largest absolute Gasteiger partial charge is 0.412 e. The van der Waals surface area contributed by atoms with Crippen molar-refractivity contribution in [2.45, 2.75) is 45.4 Å². The zero-order valence-corrected chi connectivity index (χ0v) is 14.7. The first kappa shape index (κ1) is 14.6. The topological polar surface area (TPSA) is 14.2 Å². The van der Waals surface area contributed by atoms with Crippen molar-refractivity contribution in [2.75, 3.05) is 6.61 Å². The second-order valence-corrected chi connectivity index (χ2v) is 12.3. The number of fused-ring (bicyclic) bond motifs is 3. The molecular formula is C18H25NOSi. The molecule has 0 atom stereocenters. The third kappa shape index (κ3) is 2.49. The summed E-state index contributed by atoms with van der Waals surface area (Å²) in [6.07, 6.45) is 2.31. The Labute approximate surface area is 128 Å². The molecule has 3 rings (SSSR count). The Balaban J connectivity index is 1.82. The lowest BCUT2D eigenvalue weighted by Crippen LogP contribution is -2.41. The fraction of sp³-hybridized carbons (Fsp3) is 0.444. The van der Waals surface area contributed by atoms with Gasteiger partial charge in [-0.15, -0.1) is 0 Å². The molecule has 1 aromatic heterocycles. The third-order valence-corrected chi connectivity index (χ3v) is 9.53. The maximum atomic E-state index is 6.39. The van der Waals surface area contributed by atoms with Gasteiger partial charge in [0, 0.05) is 23.1 Å². The summed E-state index contributed by atoms with van der Waals surface area (Å²) >= 11 is 0. The standard InChI is InChI=1S/C18H25NOSi/c1-18(2,3)21(4,5)20-13-15-10-11-19-16-9-7-6-8-14(16)12-17(15)19/h6-10,12H,11,13H2,1-5H3. The summed E-state index contributed by atoms with van der Waals surface area (Å²) in [6, 6.07) is 10.9. The quantitative estimate of drug-likeness (QED) is 0.723. The van der Waals surface area contributed by atoms with E-state index in [1.165, 1.54) is 22.2 Å². The third-order valence-electron chi connectivity index (χ3n) is 5.05. The lowest BCUT2D eigenvalue weighted by atomic mass is 10.2. The van der Waals surface area contributed by atoms with Crippen LogP contribution in [0.5, 0.6) is 0 Å². The number of aromatic nitrogens is 1. The average Bonchev–Trinajstić information content (AvgIpc) is 2.94. The van der Waals surface area contributed by atoms with E-state index in [9.17, 15) is 0 Å². The van der Waals surface area contributed by atoms with E-state index < -0.39 is 8.32 Å². The Kier molecular flexibility index (Phi) is 3.38. The van der Waals surface area contributed by atoms with Crippen LogP contribution in [0.2, 0.25) is 18.1 Å². The Hall–Kier alpha value is -1.32. The summed E-state index contributed by atoms with van der Waals surface area (Å²) in [7, 11) is -1.68. The summed E-state index contributed by atoms with van der Waals surface area (Å²) in [6.45, 7) is 13.2. The van der Waals surface area contributed by atoms with Crippen LogP contribution in [0.3, 0.4) is 0 Å². The molecule has 1 aromatic carbocycles. The zero-order valence-electron chi connectivity index (χ0n) is 13.7. The van der Waals surface area contributed by atoms with Crippen molar-refractivity contribution >= 4 is 24.8 Å². The van der Waals surface area contributed by atoms with E-state index >= 15 is 0 Å². The predicted molar refractivity (Wildman–Crippen MR) is 93.1 cm³/mol. The van der Waals surface area contributed by atoms with Gasteiger partial charge in [-0.05, 0) is 35.8 Å². The van der Waals surface area contributed by atoms with Crippen molar-refractivity contribution in [1.29, 1.82) is 0 Å². The monoisotopic (exact) mass is 299 g/mol. The van der Waals surface area contributed by atoms with Gasteiger partial charge >= 0.3 is 0 Å². The van der Waals surface area contributed by atoms with Crippen LogP contribution in [-0.2, 0) is 11.0 Å². The minimum atomic E-state index is -1.68. The lowest BCUT2D eigenvalue weighted by Gasteiger charge is -2.36. The van der Waals surface area contributed by atoms with Crippen molar-refractivity contribution in [2.24, 2.45) is 0 Å². The first-order valence-electron chi connectivity index (χ1n) is 7.71. The number of hydrogen-bond donors (Lipinski definition) is 0. The molecule has 112 valence electrons. The highest BCUT2D eigenvalue weighted by molar-refractivity contribution is 6.74. The van der Waals surface area contributed by atoms with E-state index in [1.54, 1.807) is 0 Å². The van der Waals surface area contributed by atoms with Crippen LogP contribution in [0.25, 0.3) is 16.5 Å². The van der Waals surface area contributed by atoms with Crippen LogP contribution < -0.4 is 0 Å². The van der Waals surface area contributed by atoms with E-state index in [0.29, 0.717) is 0 Å². The van der Waals surface area contributed by atoms with Crippen molar-refractivity contribution in [3.05, 3.63) is 42.1 Å². The van der Waals surface area contributed by atoms with Gasteiger partial charge in [-0.3, -0.25) is 0 Å². The molecule has 0 fully saturated rings. The molecule has 2 heterocycles. The van der Waals surface area contributed by atoms with Gasteiger partial charge in [0.25, 0.3) is 0 Å². The fourth-order valence-corrected chi connectivity index (χ4v) is 3.54. The second kappa shape index (κ2) is 4.85. The number of rotatable bonds is 3. The Bertz CT molecular complexity index is 704. The SMILES string of the molecule is CC(C)(C)[Si](C)(C)OCC1=CCn2c1cc1ccccc12. The minimum Gasteiger partial charge on any atom is -0.412 e. The summed E-state index contributed by atoms with van der Waals surface area (Å²) in [4.78, 5) is 0. The van der Waals surface area contributed by atoms with Crippen molar-refractivity contribution in [3.63, 3.8) is 0 Å². The zero-order chi connectivity index (χ0) is 15.3. The van der Waals surface area contributed by atoms with Gasteiger partial charge in [-0.1, -0.05) is 45.0 Å². The molecule has 0 N–H and O–H groups in total. The van der Waals surface area contributed by atoms with E-state index in [-0.39, 0.29) is 5.04 Å². The van der Waals surface area contributed by atoms with Gasteiger partial charge in [-0.25, -0.2) is 0 Å². The van der Waals surface area contributed by atoms with Crippen LogP contribution in [0.1, 0.15) is 26.5 Å². The fourth-order valence-electron chi connectivity index (χ4n) is 2.59. The van der Waals surface area contributed by atoms with E-state index in [2.05, 4.69) is 74.8 Å². The highest BCUT2D eigenvalue weighted by Crippen LogP contribution is 2.38. The van der Waals surface area contributed by atoms with Gasteiger partial charge in [0.05, 0.1) is 6.61 Å². The summed E-state index contributed by atoms with van der Waals surface area (Å²) < 4.78 is 8.78. The lowest BCUT2D eigenvalue weighted by molar-refractivity contribution is 0.334. The number of hydrogen-bond acceptors (Lipinski definition) is 1. The van der Waals surface area contributed by atoms with Crippen LogP contribution >= 0.6 is 0 Å². The van der Waals surface area contributed by atoms with Crippen LogP contribution in [0.4, 0.5) is 0 Å². The first-order chi connectivity index (χ1) is 9.79. The molecule has 1 aliphatic heterocycles. The molecule has 0 aliphatic carbocycles. The Morgan fingerprint density at radius 1 is 1.19 bits per heavy atom. The van der Waals surface area contributed by atoms with Crippen molar-refractivity contribution in [1.82, 2.24) is 4.57 Å². The number of nitrogens with zero attached hydrogens (tertiary/aromatic N) is 1. The number of para-hydroxylation sites is 1. The Morgan fingerprint density at radius 3 is 2.62 bits per heavy atom. The van der Waals surface area contributed by atoms with Crippen LogP contribution in [-0.4, -0.2) is 19.5 Å². The minimum absolute atomic E-state index is 0.263. The normalized spacial score (nSPS) is 15.4. The van der Waals surface area contributed by atoms with Gasteiger partial charge < -0.3 is 8.99 Å². The van der Waals surface area contributed by atoms with E-state index in [0.717, 1.165) is 13.2 Å². The van der Waals surface area contributed by atoms with Gasteiger partial charge in [0.15, 0.2) is 8.32 Å². The van der Waals surface area contributed by atoms with Gasteiger partial charge in [0.2, 0.25) is 0 Å². The molecule has 3 heteroatoms. The Morgan fingerprint density at radius 2 is 1.90 bits per heavy atom. The number of allylic oxidation sites excluding steroid dienone is 1. The molecule has 0 radical (unpaired) electrons. The van der Waals surface area contributed by atoms with Gasteiger partial charge in [0.1, 0.15) is 0 Å². The molecule has 0 bridgehead atoms. The molecular weight excluding hydrogens is 274 g/mol. The second-order valence-electron chi connectivity index (χ2n) is 7.48. The summed E-state index contributed by atoms with van der Waals surface area (Å²) in [5.74, 6) is 0. The molecule has 2 aromatic rings. The highest BCUT2D eigenvalue weighted by Gasteiger charge is 2.37. The summed E-state index contributed by atoms with van der Waals surface area (Å²) in [5.41, 5.74) is 4.00. The van der Waals surface area contributed by atoms with Crippen LogP contribution in [0.15, 0.2) is 36.4 Å². The molecule has 1 aliphatic rings. The average molecular weight is 299 g/mol. The van der Waals surface area contributed by atoms with Crippen molar-refractivity contribution < 1.29 is 4.43 Å². The first-order valence-corrected chi connectivity index (χ1v) is 10.6.